The van der Waals surface area contributed by atoms with Crippen LogP contribution in [0.5, 0.6) is 0 Å². The molecular formula is C13H24ClN3S. The van der Waals surface area contributed by atoms with E-state index >= 15 is 0 Å². The molecule has 104 valence electrons. The Balaban J connectivity index is 0.00000162. The number of halogens is 1. The highest BCUT2D eigenvalue weighted by Gasteiger charge is 2.23. The van der Waals surface area contributed by atoms with E-state index in [2.05, 4.69) is 30.7 Å². The number of nitrogens with two attached hydrogens (primary N) is 1. The van der Waals surface area contributed by atoms with Crippen molar-refractivity contribution in [1.82, 2.24) is 9.88 Å². The second-order valence-corrected chi connectivity index (χ2v) is 7.11. The van der Waals surface area contributed by atoms with Crippen LogP contribution in [-0.2, 0) is 12.0 Å². The fourth-order valence-electron chi connectivity index (χ4n) is 2.17. The third-order valence-electron chi connectivity index (χ3n) is 3.35. The minimum atomic E-state index is 0. The molecule has 1 aromatic rings. The van der Waals surface area contributed by atoms with Crippen LogP contribution in [-0.4, -0.2) is 29.5 Å². The summed E-state index contributed by atoms with van der Waals surface area (Å²) >= 11 is 1.85. The van der Waals surface area contributed by atoms with E-state index in [1.54, 1.807) is 0 Å². The Morgan fingerprint density at radius 1 is 1.50 bits per heavy atom. The predicted molar refractivity (Wildman–Crippen MR) is 80.5 cm³/mol. The van der Waals surface area contributed by atoms with E-state index < -0.39 is 0 Å². The molecule has 18 heavy (non-hydrogen) atoms. The molecule has 1 aliphatic rings. The van der Waals surface area contributed by atoms with Gasteiger partial charge in [-0.15, -0.1) is 23.7 Å². The van der Waals surface area contributed by atoms with Gasteiger partial charge >= 0.3 is 0 Å². The van der Waals surface area contributed by atoms with Crippen molar-refractivity contribution in [2.45, 2.75) is 39.2 Å². The van der Waals surface area contributed by atoms with Crippen molar-refractivity contribution in [3.63, 3.8) is 0 Å². The topological polar surface area (TPSA) is 42.2 Å². The molecule has 0 aromatic carbocycles. The van der Waals surface area contributed by atoms with Crippen LogP contribution >= 0.6 is 23.7 Å². The van der Waals surface area contributed by atoms with Gasteiger partial charge in [-0.1, -0.05) is 20.8 Å². The zero-order chi connectivity index (χ0) is 12.5. The number of rotatable bonds is 3. The Morgan fingerprint density at radius 3 is 2.72 bits per heavy atom. The van der Waals surface area contributed by atoms with Gasteiger partial charge in [0.25, 0.3) is 0 Å². The number of aromatic nitrogens is 1. The summed E-state index contributed by atoms with van der Waals surface area (Å²) in [5.74, 6) is 0.692. The van der Waals surface area contributed by atoms with Crippen molar-refractivity contribution < 1.29 is 0 Å². The summed E-state index contributed by atoms with van der Waals surface area (Å²) < 4.78 is 0. The number of thiazole rings is 1. The molecule has 2 rings (SSSR count). The van der Waals surface area contributed by atoms with Gasteiger partial charge in [-0.3, -0.25) is 4.90 Å². The van der Waals surface area contributed by atoms with E-state index in [9.17, 15) is 0 Å². The Labute approximate surface area is 120 Å². The Hall–Kier alpha value is -0.160. The van der Waals surface area contributed by atoms with Crippen LogP contribution in [0.4, 0.5) is 0 Å². The maximum absolute atomic E-state index is 5.71. The van der Waals surface area contributed by atoms with Crippen LogP contribution in [0.25, 0.3) is 0 Å². The first kappa shape index (κ1) is 15.9. The van der Waals surface area contributed by atoms with Crippen molar-refractivity contribution in [2.75, 3.05) is 19.6 Å². The lowest BCUT2D eigenvalue weighted by atomic mass is 9.96. The van der Waals surface area contributed by atoms with Gasteiger partial charge in [0.2, 0.25) is 0 Å². The van der Waals surface area contributed by atoms with Crippen LogP contribution in [0, 0.1) is 5.92 Å². The molecule has 0 spiro atoms. The molecule has 1 aromatic heterocycles. The van der Waals surface area contributed by atoms with Gasteiger partial charge in [0, 0.05) is 17.6 Å². The van der Waals surface area contributed by atoms with Crippen molar-refractivity contribution in [2.24, 2.45) is 11.7 Å². The standard InChI is InChI=1S/C13H23N3S.ClH/c1-13(2,3)11-7-15-12(17-11)9-16-5-4-10(6-14)8-16;/h7,10H,4-6,8-9,14H2,1-3H3;1H. The predicted octanol–water partition coefficient (Wildman–Crippen LogP) is 2.64. The lowest BCUT2D eigenvalue weighted by molar-refractivity contribution is 0.317. The average molecular weight is 290 g/mol. The second-order valence-electron chi connectivity index (χ2n) is 5.99. The lowest BCUT2D eigenvalue weighted by Crippen LogP contribution is -2.22. The normalized spacial score (nSPS) is 21.0. The Kier molecular flexibility index (Phi) is 5.59. The lowest BCUT2D eigenvalue weighted by Gasteiger charge is -2.15. The van der Waals surface area contributed by atoms with Gasteiger partial charge in [0.1, 0.15) is 5.01 Å². The maximum atomic E-state index is 5.71. The molecule has 0 radical (unpaired) electrons. The number of nitrogens with zero attached hydrogens (tertiary/aromatic N) is 2. The number of likely N-dealkylation sites (tertiary alicyclic amines) is 1. The molecule has 0 amide bonds. The molecule has 0 saturated carbocycles. The zero-order valence-corrected chi connectivity index (χ0v) is 13.1. The smallest absolute Gasteiger partial charge is 0.107 e. The highest BCUT2D eigenvalue weighted by atomic mass is 35.5. The van der Waals surface area contributed by atoms with E-state index in [0.717, 1.165) is 19.6 Å². The first-order valence-corrected chi connectivity index (χ1v) is 7.18. The second kappa shape index (κ2) is 6.33. The molecule has 3 nitrogen and oxygen atoms in total. The van der Waals surface area contributed by atoms with E-state index in [1.165, 1.54) is 22.9 Å². The molecule has 1 fully saturated rings. The molecular weight excluding hydrogens is 266 g/mol. The molecule has 1 atom stereocenters. The fourth-order valence-corrected chi connectivity index (χ4v) is 3.19. The molecule has 2 heterocycles. The Bertz CT molecular complexity index is 373. The third-order valence-corrected chi connectivity index (χ3v) is 4.76. The first-order chi connectivity index (χ1) is 7.99. The quantitative estimate of drug-likeness (QED) is 0.930. The summed E-state index contributed by atoms with van der Waals surface area (Å²) in [7, 11) is 0. The van der Waals surface area contributed by atoms with E-state index in [4.69, 9.17) is 5.73 Å². The van der Waals surface area contributed by atoms with Crippen LogP contribution < -0.4 is 5.73 Å². The highest BCUT2D eigenvalue weighted by molar-refractivity contribution is 7.11. The van der Waals surface area contributed by atoms with Crippen LogP contribution in [0.15, 0.2) is 6.20 Å². The Morgan fingerprint density at radius 2 is 2.22 bits per heavy atom. The summed E-state index contributed by atoms with van der Waals surface area (Å²) in [6, 6.07) is 0. The largest absolute Gasteiger partial charge is 0.330 e. The third kappa shape index (κ3) is 3.92. The van der Waals surface area contributed by atoms with Gasteiger partial charge in [-0.05, 0) is 30.8 Å². The van der Waals surface area contributed by atoms with E-state index in [1.807, 2.05) is 17.5 Å². The van der Waals surface area contributed by atoms with Gasteiger partial charge in [0.05, 0.1) is 6.54 Å². The molecule has 0 bridgehead atoms. The van der Waals surface area contributed by atoms with E-state index in [0.29, 0.717) is 5.92 Å². The van der Waals surface area contributed by atoms with Crippen molar-refractivity contribution >= 4 is 23.7 Å². The van der Waals surface area contributed by atoms with Crippen molar-refractivity contribution in [1.29, 1.82) is 0 Å². The molecule has 1 saturated heterocycles. The average Bonchev–Trinajstić information content (AvgIpc) is 2.86. The molecule has 1 aliphatic heterocycles. The van der Waals surface area contributed by atoms with Gasteiger partial charge < -0.3 is 5.73 Å². The molecule has 5 heteroatoms. The monoisotopic (exact) mass is 289 g/mol. The maximum Gasteiger partial charge on any atom is 0.107 e. The summed E-state index contributed by atoms with van der Waals surface area (Å²) in [5.41, 5.74) is 5.93. The van der Waals surface area contributed by atoms with Gasteiger partial charge in [-0.25, -0.2) is 4.98 Å². The summed E-state index contributed by atoms with van der Waals surface area (Å²) in [5, 5.41) is 1.24. The molecule has 1 unspecified atom stereocenters. The fraction of sp³-hybridized carbons (Fsp3) is 0.769. The highest BCUT2D eigenvalue weighted by Crippen LogP contribution is 2.29. The van der Waals surface area contributed by atoms with Crippen molar-refractivity contribution in [3.05, 3.63) is 16.1 Å². The first-order valence-electron chi connectivity index (χ1n) is 6.36. The van der Waals surface area contributed by atoms with Gasteiger partial charge in [0.15, 0.2) is 0 Å². The van der Waals surface area contributed by atoms with Crippen LogP contribution in [0.1, 0.15) is 37.1 Å². The summed E-state index contributed by atoms with van der Waals surface area (Å²) in [4.78, 5) is 8.39. The molecule has 2 N–H and O–H groups in total. The minimum Gasteiger partial charge on any atom is -0.330 e. The van der Waals surface area contributed by atoms with Gasteiger partial charge in [-0.2, -0.15) is 0 Å². The van der Waals surface area contributed by atoms with E-state index in [-0.39, 0.29) is 17.8 Å². The minimum absolute atomic E-state index is 0. The SMILES string of the molecule is CC(C)(C)c1cnc(CN2CCC(CN)C2)s1.Cl. The number of hydrogen-bond donors (Lipinski definition) is 1. The number of hydrogen-bond acceptors (Lipinski definition) is 4. The summed E-state index contributed by atoms with van der Waals surface area (Å²) in [6.07, 6.45) is 3.28. The molecule has 0 aliphatic carbocycles. The van der Waals surface area contributed by atoms with Crippen LogP contribution in [0.2, 0.25) is 0 Å². The zero-order valence-electron chi connectivity index (χ0n) is 11.5. The summed E-state index contributed by atoms with van der Waals surface area (Å²) in [6.45, 7) is 10.9. The van der Waals surface area contributed by atoms with Crippen LogP contribution in [0.3, 0.4) is 0 Å². The van der Waals surface area contributed by atoms with Crippen molar-refractivity contribution in [3.8, 4) is 0 Å².